The fourth-order valence-electron chi connectivity index (χ4n) is 3.96. The number of nitrogens with zero attached hydrogens (tertiary/aromatic N) is 2. The zero-order valence-corrected chi connectivity index (χ0v) is 21.9. The van der Waals surface area contributed by atoms with Gasteiger partial charge in [0.1, 0.15) is 6.54 Å². The molecule has 0 unspecified atom stereocenters. The number of nitrogens with one attached hydrogen (secondary N) is 1. The lowest BCUT2D eigenvalue weighted by Gasteiger charge is -2.26. The molecule has 1 amide bonds. The van der Waals surface area contributed by atoms with Gasteiger partial charge in [-0.15, -0.1) is 0 Å². The lowest BCUT2D eigenvalue weighted by atomic mass is 10.1. The van der Waals surface area contributed by atoms with Gasteiger partial charge in [-0.05, 0) is 41.5 Å². The molecule has 0 spiro atoms. The quantitative estimate of drug-likeness (QED) is 0.431. The number of rotatable bonds is 9. The number of anilines is 1. The van der Waals surface area contributed by atoms with Crippen molar-refractivity contribution in [2.24, 2.45) is 0 Å². The maximum atomic E-state index is 13.4. The van der Waals surface area contributed by atoms with Crippen molar-refractivity contribution in [3.8, 4) is 0 Å². The number of carbonyl (C=O) groups is 1. The van der Waals surface area contributed by atoms with Gasteiger partial charge in [0.2, 0.25) is 5.91 Å². The largest absolute Gasteiger partial charge is 0.379 e. The van der Waals surface area contributed by atoms with Crippen LogP contribution in [0.1, 0.15) is 11.1 Å². The highest BCUT2D eigenvalue weighted by Gasteiger charge is 2.27. The number of amides is 1. The minimum Gasteiger partial charge on any atom is -0.379 e. The summed E-state index contributed by atoms with van der Waals surface area (Å²) in [6, 6.07) is 20.4. The van der Waals surface area contributed by atoms with Crippen LogP contribution in [-0.4, -0.2) is 52.1 Å². The molecule has 1 aliphatic heterocycles. The Morgan fingerprint density at radius 3 is 2.28 bits per heavy atom. The van der Waals surface area contributed by atoms with E-state index in [2.05, 4.69) is 16.3 Å². The maximum Gasteiger partial charge on any atom is 0.264 e. The summed E-state index contributed by atoms with van der Waals surface area (Å²) in [4.78, 5) is 15.3. The van der Waals surface area contributed by atoms with Crippen molar-refractivity contribution in [1.29, 1.82) is 0 Å². The predicted molar refractivity (Wildman–Crippen MR) is 142 cm³/mol. The monoisotopic (exact) mass is 547 g/mol. The molecule has 36 heavy (non-hydrogen) atoms. The van der Waals surface area contributed by atoms with Crippen LogP contribution < -0.4 is 9.62 Å². The predicted octanol–water partition coefficient (Wildman–Crippen LogP) is 4.34. The lowest BCUT2D eigenvalue weighted by molar-refractivity contribution is -0.119. The van der Waals surface area contributed by atoms with Gasteiger partial charge in [0.15, 0.2) is 0 Å². The molecule has 190 valence electrons. The fourth-order valence-corrected chi connectivity index (χ4v) is 5.90. The molecule has 3 aromatic rings. The molecule has 0 aliphatic carbocycles. The van der Waals surface area contributed by atoms with E-state index in [1.807, 2.05) is 18.2 Å². The smallest absolute Gasteiger partial charge is 0.264 e. The van der Waals surface area contributed by atoms with Gasteiger partial charge in [-0.1, -0.05) is 65.7 Å². The minimum atomic E-state index is -4.05. The Bertz CT molecular complexity index is 1280. The summed E-state index contributed by atoms with van der Waals surface area (Å²) in [5.74, 6) is -0.454. The van der Waals surface area contributed by atoms with E-state index in [0.29, 0.717) is 0 Å². The third-order valence-corrected chi connectivity index (χ3v) is 7.97. The van der Waals surface area contributed by atoms with E-state index in [1.54, 1.807) is 18.2 Å². The lowest BCUT2D eigenvalue weighted by Crippen LogP contribution is -2.40. The Morgan fingerprint density at radius 2 is 1.58 bits per heavy atom. The molecule has 1 N–H and O–H groups in total. The Labute approximate surface area is 221 Å². The SMILES string of the molecule is O=C(CN(c1cc(Cl)cc(Cl)c1)S(=O)(=O)c1ccccc1)NCc1cccc(CN2CCOCC2)c1. The number of hydrogen-bond acceptors (Lipinski definition) is 5. The zero-order chi connectivity index (χ0) is 25.5. The normalized spacial score (nSPS) is 14.4. The fraction of sp³-hybridized carbons (Fsp3) is 0.269. The molecule has 0 radical (unpaired) electrons. The first kappa shape index (κ1) is 26.4. The van der Waals surface area contributed by atoms with Gasteiger partial charge in [-0.3, -0.25) is 14.0 Å². The molecule has 0 saturated carbocycles. The van der Waals surface area contributed by atoms with E-state index in [-0.39, 0.29) is 27.2 Å². The number of hydrogen-bond donors (Lipinski definition) is 1. The van der Waals surface area contributed by atoms with Gasteiger partial charge < -0.3 is 10.1 Å². The number of ether oxygens (including phenoxy) is 1. The molecule has 0 atom stereocenters. The third kappa shape index (κ3) is 6.99. The number of benzene rings is 3. The van der Waals surface area contributed by atoms with Crippen LogP contribution in [0.3, 0.4) is 0 Å². The molecule has 0 bridgehead atoms. The van der Waals surface area contributed by atoms with Crippen molar-refractivity contribution >= 4 is 44.8 Å². The Hall–Kier alpha value is -2.62. The van der Waals surface area contributed by atoms with Gasteiger partial charge >= 0.3 is 0 Å². The zero-order valence-electron chi connectivity index (χ0n) is 19.6. The maximum absolute atomic E-state index is 13.4. The molecule has 1 heterocycles. The first-order chi connectivity index (χ1) is 17.3. The summed E-state index contributed by atoms with van der Waals surface area (Å²) >= 11 is 12.3. The molecule has 3 aromatic carbocycles. The molecule has 0 aromatic heterocycles. The van der Waals surface area contributed by atoms with Gasteiger partial charge in [-0.2, -0.15) is 0 Å². The van der Waals surface area contributed by atoms with Gasteiger partial charge in [-0.25, -0.2) is 8.42 Å². The van der Waals surface area contributed by atoms with E-state index in [0.717, 1.165) is 48.3 Å². The molecule has 4 rings (SSSR count). The number of carbonyl (C=O) groups excluding carboxylic acids is 1. The van der Waals surface area contributed by atoms with E-state index in [4.69, 9.17) is 27.9 Å². The summed E-state index contributed by atoms with van der Waals surface area (Å²) in [6.45, 7) is 3.89. The standard InChI is InChI=1S/C26H27Cl2N3O4S/c27-22-14-23(28)16-24(15-22)31(36(33,34)25-7-2-1-3-8-25)19-26(32)29-17-20-5-4-6-21(13-20)18-30-9-11-35-12-10-30/h1-8,13-16H,9-12,17-19H2,(H,29,32). The average molecular weight is 548 g/mol. The topological polar surface area (TPSA) is 79.0 Å². The van der Waals surface area contributed by atoms with Crippen molar-refractivity contribution in [3.05, 3.63) is 94.0 Å². The molecular formula is C26H27Cl2N3O4S. The summed E-state index contributed by atoms with van der Waals surface area (Å²) in [6.07, 6.45) is 0. The van der Waals surface area contributed by atoms with Crippen molar-refractivity contribution in [1.82, 2.24) is 10.2 Å². The second-order valence-electron chi connectivity index (χ2n) is 8.44. The number of sulfonamides is 1. The van der Waals surface area contributed by atoms with Crippen LogP contribution in [0.2, 0.25) is 10.0 Å². The molecular weight excluding hydrogens is 521 g/mol. The van der Waals surface area contributed by atoms with Gasteiger partial charge in [0.05, 0.1) is 23.8 Å². The van der Waals surface area contributed by atoms with E-state index in [9.17, 15) is 13.2 Å². The molecule has 1 aliphatic rings. The van der Waals surface area contributed by atoms with Crippen LogP contribution in [0.4, 0.5) is 5.69 Å². The van der Waals surface area contributed by atoms with Crippen molar-refractivity contribution in [2.45, 2.75) is 18.0 Å². The number of halogens is 2. The summed E-state index contributed by atoms with van der Waals surface area (Å²) in [5.41, 5.74) is 2.28. The van der Waals surface area contributed by atoms with E-state index >= 15 is 0 Å². The molecule has 7 nitrogen and oxygen atoms in total. The van der Waals surface area contributed by atoms with Crippen LogP contribution in [0.25, 0.3) is 0 Å². The Morgan fingerprint density at radius 1 is 0.917 bits per heavy atom. The Balaban J connectivity index is 1.48. The second kappa shape index (κ2) is 12.1. The average Bonchev–Trinajstić information content (AvgIpc) is 2.87. The van der Waals surface area contributed by atoms with Crippen LogP contribution in [0.15, 0.2) is 77.7 Å². The highest BCUT2D eigenvalue weighted by atomic mass is 35.5. The van der Waals surface area contributed by atoms with E-state index in [1.165, 1.54) is 30.3 Å². The first-order valence-electron chi connectivity index (χ1n) is 11.5. The van der Waals surface area contributed by atoms with Crippen molar-refractivity contribution in [3.63, 3.8) is 0 Å². The summed E-state index contributed by atoms with van der Waals surface area (Å²) in [7, 11) is -4.05. The molecule has 1 fully saturated rings. The second-order valence-corrected chi connectivity index (χ2v) is 11.2. The van der Waals surface area contributed by atoms with Gasteiger partial charge in [0, 0.05) is 36.2 Å². The van der Waals surface area contributed by atoms with Gasteiger partial charge in [0.25, 0.3) is 10.0 Å². The highest BCUT2D eigenvalue weighted by Crippen LogP contribution is 2.29. The molecule has 10 heteroatoms. The van der Waals surface area contributed by atoms with Crippen LogP contribution in [-0.2, 0) is 32.6 Å². The summed E-state index contributed by atoms with van der Waals surface area (Å²) < 4.78 is 33.3. The first-order valence-corrected chi connectivity index (χ1v) is 13.7. The van der Waals surface area contributed by atoms with Crippen molar-refractivity contribution in [2.75, 3.05) is 37.2 Å². The highest BCUT2D eigenvalue weighted by molar-refractivity contribution is 7.92. The minimum absolute atomic E-state index is 0.0599. The van der Waals surface area contributed by atoms with Crippen LogP contribution >= 0.6 is 23.2 Å². The third-order valence-electron chi connectivity index (χ3n) is 5.74. The van der Waals surface area contributed by atoms with Crippen LogP contribution in [0, 0.1) is 0 Å². The number of morpholine rings is 1. The van der Waals surface area contributed by atoms with E-state index < -0.39 is 22.5 Å². The summed E-state index contributed by atoms with van der Waals surface area (Å²) in [5, 5.41) is 3.37. The van der Waals surface area contributed by atoms with Crippen molar-refractivity contribution < 1.29 is 17.9 Å². The molecule has 1 saturated heterocycles. The Kier molecular flexibility index (Phi) is 8.87. The van der Waals surface area contributed by atoms with Crippen LogP contribution in [0.5, 0.6) is 0 Å².